The molecule has 1 heterocycles. The SMILES string of the molecule is COc1cc(C=C2C(=O)N(c3ccccc3)C(=S)N(c3ccccc3)C2=O)cc(I)c1OCc1ccccc1. The van der Waals surface area contributed by atoms with E-state index in [0.29, 0.717) is 35.0 Å². The number of nitrogens with zero attached hydrogens (tertiary/aromatic N) is 2. The van der Waals surface area contributed by atoms with Gasteiger partial charge in [0.2, 0.25) is 0 Å². The third-order valence-corrected chi connectivity index (χ3v) is 7.23. The van der Waals surface area contributed by atoms with E-state index < -0.39 is 11.8 Å². The molecule has 0 unspecified atom stereocenters. The Bertz CT molecular complexity index is 1500. The fourth-order valence-electron chi connectivity index (χ4n) is 4.20. The second-order valence-corrected chi connectivity index (χ2v) is 10.1. The van der Waals surface area contributed by atoms with Crippen LogP contribution in [-0.2, 0) is 16.2 Å². The fraction of sp³-hybridized carbons (Fsp3) is 0.0645. The maximum absolute atomic E-state index is 13.8. The number of rotatable bonds is 7. The highest BCUT2D eigenvalue weighted by Crippen LogP contribution is 2.36. The van der Waals surface area contributed by atoms with E-state index in [1.54, 1.807) is 43.5 Å². The summed E-state index contributed by atoms with van der Waals surface area (Å²) in [6.45, 7) is 0.375. The van der Waals surface area contributed by atoms with Gasteiger partial charge in [0, 0.05) is 0 Å². The number of hydrogen-bond acceptors (Lipinski definition) is 5. The zero-order valence-electron chi connectivity index (χ0n) is 20.9. The number of para-hydroxylation sites is 2. The van der Waals surface area contributed by atoms with Crippen LogP contribution in [0.1, 0.15) is 11.1 Å². The Labute approximate surface area is 245 Å². The van der Waals surface area contributed by atoms with Gasteiger partial charge in [-0.1, -0.05) is 66.7 Å². The van der Waals surface area contributed by atoms with Crippen molar-refractivity contribution in [3.8, 4) is 11.5 Å². The topological polar surface area (TPSA) is 59.1 Å². The van der Waals surface area contributed by atoms with Crippen molar-refractivity contribution in [1.29, 1.82) is 0 Å². The van der Waals surface area contributed by atoms with Crippen molar-refractivity contribution < 1.29 is 19.1 Å². The summed E-state index contributed by atoms with van der Waals surface area (Å²) in [7, 11) is 1.56. The standard InChI is InChI=1S/C31H23IN2O4S/c1-37-27-19-22(18-26(32)28(27)38-20-21-11-5-2-6-12-21)17-25-29(35)33(23-13-7-3-8-14-23)31(39)34(30(25)36)24-15-9-4-10-16-24/h2-19H,20H2,1H3. The Morgan fingerprint density at radius 2 is 1.31 bits per heavy atom. The predicted octanol–water partition coefficient (Wildman–Crippen LogP) is 6.63. The normalized spacial score (nSPS) is 13.5. The first-order valence-electron chi connectivity index (χ1n) is 12.1. The molecule has 0 bridgehead atoms. The number of hydrogen-bond donors (Lipinski definition) is 0. The Morgan fingerprint density at radius 1 is 0.795 bits per heavy atom. The maximum atomic E-state index is 13.8. The molecule has 1 saturated heterocycles. The number of carbonyl (C=O) groups excluding carboxylic acids is 2. The number of anilines is 2. The summed E-state index contributed by atoms with van der Waals surface area (Å²) in [6, 6.07) is 31.6. The molecule has 0 aromatic heterocycles. The van der Waals surface area contributed by atoms with Crippen molar-refractivity contribution in [1.82, 2.24) is 0 Å². The molecule has 4 aromatic rings. The summed E-state index contributed by atoms with van der Waals surface area (Å²) >= 11 is 7.84. The smallest absolute Gasteiger partial charge is 0.270 e. The molecule has 5 rings (SSSR count). The number of carbonyl (C=O) groups is 2. The van der Waals surface area contributed by atoms with Gasteiger partial charge in [0.05, 0.1) is 22.1 Å². The molecule has 39 heavy (non-hydrogen) atoms. The largest absolute Gasteiger partial charge is 0.493 e. The second-order valence-electron chi connectivity index (χ2n) is 8.60. The minimum atomic E-state index is -0.498. The zero-order chi connectivity index (χ0) is 27.4. The van der Waals surface area contributed by atoms with Crippen LogP contribution in [0.15, 0.2) is 109 Å². The van der Waals surface area contributed by atoms with E-state index in [4.69, 9.17) is 21.7 Å². The van der Waals surface area contributed by atoms with E-state index in [1.807, 2.05) is 72.8 Å². The second kappa shape index (κ2) is 11.8. The highest BCUT2D eigenvalue weighted by Gasteiger charge is 2.41. The number of methoxy groups -OCH3 is 1. The molecular formula is C31H23IN2O4S. The Hall–Kier alpha value is -4.02. The van der Waals surface area contributed by atoms with Crippen LogP contribution in [0.4, 0.5) is 11.4 Å². The van der Waals surface area contributed by atoms with Crippen LogP contribution < -0.4 is 19.3 Å². The monoisotopic (exact) mass is 646 g/mol. The molecule has 6 nitrogen and oxygen atoms in total. The molecule has 2 amide bonds. The van der Waals surface area contributed by atoms with Crippen LogP contribution in [0.3, 0.4) is 0 Å². The lowest BCUT2D eigenvalue weighted by molar-refractivity contribution is -0.120. The minimum absolute atomic E-state index is 0.0212. The van der Waals surface area contributed by atoms with Crippen molar-refractivity contribution in [3.05, 3.63) is 123 Å². The molecule has 0 saturated carbocycles. The van der Waals surface area contributed by atoms with E-state index >= 15 is 0 Å². The number of thiocarbonyl (C=S) groups is 1. The van der Waals surface area contributed by atoms with Gasteiger partial charge in [0.15, 0.2) is 16.6 Å². The molecule has 0 radical (unpaired) electrons. The summed E-state index contributed by atoms with van der Waals surface area (Å²) in [4.78, 5) is 30.3. The summed E-state index contributed by atoms with van der Waals surface area (Å²) in [5.74, 6) is 0.0858. The fourth-order valence-corrected chi connectivity index (χ4v) is 5.36. The number of amides is 2. The van der Waals surface area contributed by atoms with Gasteiger partial charge in [-0.2, -0.15) is 0 Å². The first-order chi connectivity index (χ1) is 19.0. The highest BCUT2D eigenvalue weighted by atomic mass is 127. The first-order valence-corrected chi connectivity index (χ1v) is 13.6. The summed E-state index contributed by atoms with van der Waals surface area (Å²) in [6.07, 6.45) is 1.57. The molecule has 1 aliphatic rings. The maximum Gasteiger partial charge on any atom is 0.270 e. The van der Waals surface area contributed by atoms with Crippen LogP contribution in [0.25, 0.3) is 6.08 Å². The van der Waals surface area contributed by atoms with Crippen LogP contribution in [0.2, 0.25) is 0 Å². The van der Waals surface area contributed by atoms with Gasteiger partial charge in [-0.25, -0.2) is 0 Å². The van der Waals surface area contributed by atoms with E-state index in [-0.39, 0.29) is 10.7 Å². The van der Waals surface area contributed by atoms with E-state index in [2.05, 4.69) is 22.6 Å². The molecular weight excluding hydrogens is 623 g/mol. The molecule has 4 aromatic carbocycles. The summed E-state index contributed by atoms with van der Waals surface area (Å²) in [5.41, 5.74) is 2.77. The van der Waals surface area contributed by atoms with Crippen molar-refractivity contribution >= 4 is 69.2 Å². The van der Waals surface area contributed by atoms with Crippen molar-refractivity contribution in [2.45, 2.75) is 6.61 Å². The van der Waals surface area contributed by atoms with Gasteiger partial charge in [-0.3, -0.25) is 19.4 Å². The Morgan fingerprint density at radius 3 is 1.82 bits per heavy atom. The third kappa shape index (κ3) is 5.57. The van der Waals surface area contributed by atoms with Crippen LogP contribution in [0, 0.1) is 3.57 Å². The van der Waals surface area contributed by atoms with Crippen molar-refractivity contribution in [2.75, 3.05) is 16.9 Å². The summed E-state index contributed by atoms with van der Waals surface area (Å²) < 4.78 is 12.5. The average molecular weight is 647 g/mol. The van der Waals surface area contributed by atoms with Crippen molar-refractivity contribution in [3.63, 3.8) is 0 Å². The highest BCUT2D eigenvalue weighted by molar-refractivity contribution is 14.1. The lowest BCUT2D eigenvalue weighted by Crippen LogP contribution is -2.56. The van der Waals surface area contributed by atoms with E-state index in [9.17, 15) is 9.59 Å². The van der Waals surface area contributed by atoms with Gasteiger partial charge >= 0.3 is 0 Å². The lowest BCUT2D eigenvalue weighted by atomic mass is 10.0. The van der Waals surface area contributed by atoms with Gasteiger partial charge in [-0.15, -0.1) is 0 Å². The molecule has 0 N–H and O–H groups in total. The van der Waals surface area contributed by atoms with Gasteiger partial charge in [0.25, 0.3) is 11.8 Å². The third-order valence-electron chi connectivity index (χ3n) is 6.07. The van der Waals surface area contributed by atoms with Crippen LogP contribution in [-0.4, -0.2) is 24.0 Å². The predicted molar refractivity (Wildman–Crippen MR) is 165 cm³/mol. The molecule has 1 aliphatic heterocycles. The van der Waals surface area contributed by atoms with Crippen LogP contribution in [0.5, 0.6) is 11.5 Å². The number of benzene rings is 4. The van der Waals surface area contributed by atoms with E-state index in [1.165, 1.54) is 9.80 Å². The van der Waals surface area contributed by atoms with Crippen molar-refractivity contribution in [2.24, 2.45) is 0 Å². The average Bonchev–Trinajstić information content (AvgIpc) is 2.96. The van der Waals surface area contributed by atoms with Gasteiger partial charge in [-0.05, 0) is 88.4 Å². The molecule has 1 fully saturated rings. The zero-order valence-corrected chi connectivity index (χ0v) is 23.9. The Balaban J connectivity index is 1.55. The summed E-state index contributed by atoms with van der Waals surface area (Å²) in [5, 5.41) is 0.0939. The molecule has 8 heteroatoms. The number of halogens is 1. The van der Waals surface area contributed by atoms with E-state index in [0.717, 1.165) is 9.13 Å². The molecule has 0 aliphatic carbocycles. The lowest BCUT2D eigenvalue weighted by Gasteiger charge is -2.36. The Kier molecular flexibility index (Phi) is 8.04. The molecule has 194 valence electrons. The van der Waals surface area contributed by atoms with Crippen LogP contribution >= 0.6 is 34.8 Å². The minimum Gasteiger partial charge on any atom is -0.493 e. The van der Waals surface area contributed by atoms with Gasteiger partial charge in [0.1, 0.15) is 12.2 Å². The number of ether oxygens (including phenoxy) is 2. The molecule has 0 atom stereocenters. The first kappa shape index (κ1) is 26.6. The molecule has 0 spiro atoms. The van der Waals surface area contributed by atoms with Gasteiger partial charge < -0.3 is 9.47 Å². The quantitative estimate of drug-likeness (QED) is 0.0978.